The van der Waals surface area contributed by atoms with Crippen molar-refractivity contribution in [1.29, 1.82) is 0 Å². The van der Waals surface area contributed by atoms with Gasteiger partial charge in [0, 0.05) is 18.1 Å². The van der Waals surface area contributed by atoms with Crippen molar-refractivity contribution in [1.82, 2.24) is 9.88 Å². The molecule has 2 heterocycles. The number of sulfone groups is 1. The van der Waals surface area contributed by atoms with Crippen molar-refractivity contribution >= 4 is 38.9 Å². The standard InChI is InChI=1S/C22H26Cl2N2O3S/c1-3-5-16-8-10-26(11-9-16)22(27)20-7-4-6-17(25-20)14-30(28,29)21-13-18(23)15(2)12-19(21)24/h4,6-7,12-13,16H,3,5,8-11,14H2,1-2H3. The topological polar surface area (TPSA) is 67.3 Å². The summed E-state index contributed by atoms with van der Waals surface area (Å²) in [7, 11) is -3.77. The summed E-state index contributed by atoms with van der Waals surface area (Å²) in [5.41, 5.74) is 1.27. The number of hydrogen-bond acceptors (Lipinski definition) is 4. The molecule has 3 rings (SSSR count). The maximum Gasteiger partial charge on any atom is 0.272 e. The molecule has 1 aromatic carbocycles. The summed E-state index contributed by atoms with van der Waals surface area (Å²) in [6.07, 6.45) is 4.35. The van der Waals surface area contributed by atoms with Crippen molar-refractivity contribution in [3.05, 3.63) is 57.3 Å². The van der Waals surface area contributed by atoms with Crippen LogP contribution in [0.4, 0.5) is 0 Å². The Labute approximate surface area is 188 Å². The number of aromatic nitrogens is 1. The Bertz CT molecular complexity index is 1030. The largest absolute Gasteiger partial charge is 0.337 e. The van der Waals surface area contributed by atoms with Crippen LogP contribution in [0.1, 0.15) is 54.4 Å². The number of hydrogen-bond donors (Lipinski definition) is 0. The van der Waals surface area contributed by atoms with Crippen LogP contribution >= 0.6 is 23.2 Å². The van der Waals surface area contributed by atoms with Gasteiger partial charge in [0.05, 0.1) is 21.4 Å². The lowest BCUT2D eigenvalue weighted by atomic mass is 9.92. The van der Waals surface area contributed by atoms with Crippen LogP contribution in [-0.2, 0) is 15.6 Å². The van der Waals surface area contributed by atoms with Crippen molar-refractivity contribution in [2.24, 2.45) is 5.92 Å². The first-order valence-corrected chi connectivity index (χ1v) is 12.6. The van der Waals surface area contributed by atoms with Gasteiger partial charge in [-0.05, 0) is 55.5 Å². The van der Waals surface area contributed by atoms with E-state index in [1.807, 2.05) is 4.90 Å². The molecule has 0 spiro atoms. The number of piperidine rings is 1. The second-order valence-electron chi connectivity index (χ2n) is 7.83. The lowest BCUT2D eigenvalue weighted by Crippen LogP contribution is -2.38. The Morgan fingerprint density at radius 1 is 1.17 bits per heavy atom. The van der Waals surface area contributed by atoms with Crippen LogP contribution in [0.15, 0.2) is 35.2 Å². The van der Waals surface area contributed by atoms with E-state index in [-0.39, 0.29) is 27.3 Å². The van der Waals surface area contributed by atoms with Crippen LogP contribution in [0.2, 0.25) is 10.0 Å². The van der Waals surface area contributed by atoms with Gasteiger partial charge in [-0.25, -0.2) is 13.4 Å². The van der Waals surface area contributed by atoms with Gasteiger partial charge in [-0.3, -0.25) is 4.79 Å². The van der Waals surface area contributed by atoms with E-state index in [4.69, 9.17) is 23.2 Å². The Kier molecular flexibility index (Phi) is 7.43. The third-order valence-electron chi connectivity index (χ3n) is 5.51. The lowest BCUT2D eigenvalue weighted by molar-refractivity contribution is 0.0680. The summed E-state index contributed by atoms with van der Waals surface area (Å²) in [4.78, 5) is 19.0. The smallest absolute Gasteiger partial charge is 0.272 e. The Morgan fingerprint density at radius 3 is 2.53 bits per heavy atom. The number of benzene rings is 1. The number of likely N-dealkylation sites (tertiary alicyclic amines) is 1. The van der Waals surface area contributed by atoms with Gasteiger partial charge in [-0.1, -0.05) is 49.0 Å². The third kappa shape index (κ3) is 5.34. The zero-order valence-corrected chi connectivity index (χ0v) is 19.5. The lowest BCUT2D eigenvalue weighted by Gasteiger charge is -2.31. The number of halogens is 2. The second-order valence-corrected chi connectivity index (χ2v) is 10.6. The molecule has 0 atom stereocenters. The van der Waals surface area contributed by atoms with E-state index in [2.05, 4.69) is 11.9 Å². The molecule has 0 N–H and O–H groups in total. The van der Waals surface area contributed by atoms with Crippen LogP contribution in [0, 0.1) is 12.8 Å². The highest BCUT2D eigenvalue weighted by Crippen LogP contribution is 2.30. The maximum absolute atomic E-state index is 12.9. The predicted molar refractivity (Wildman–Crippen MR) is 120 cm³/mol. The first kappa shape index (κ1) is 23.0. The van der Waals surface area contributed by atoms with Crippen molar-refractivity contribution in [3.63, 3.8) is 0 Å². The van der Waals surface area contributed by atoms with E-state index in [0.29, 0.717) is 35.3 Å². The monoisotopic (exact) mass is 468 g/mol. The fourth-order valence-electron chi connectivity index (χ4n) is 3.81. The summed E-state index contributed by atoms with van der Waals surface area (Å²) in [5, 5.41) is 0.459. The van der Waals surface area contributed by atoms with Gasteiger partial charge in [0.25, 0.3) is 5.91 Å². The molecule has 1 aliphatic rings. The van der Waals surface area contributed by atoms with Crippen LogP contribution in [0.25, 0.3) is 0 Å². The number of rotatable bonds is 6. The van der Waals surface area contributed by atoms with E-state index in [1.54, 1.807) is 25.1 Å². The summed E-state index contributed by atoms with van der Waals surface area (Å²) >= 11 is 12.2. The molecule has 1 fully saturated rings. The van der Waals surface area contributed by atoms with Crippen LogP contribution < -0.4 is 0 Å². The molecule has 0 bridgehead atoms. The molecule has 0 aliphatic carbocycles. The fraction of sp³-hybridized carbons (Fsp3) is 0.455. The van der Waals surface area contributed by atoms with Crippen molar-refractivity contribution < 1.29 is 13.2 Å². The number of nitrogens with zero attached hydrogens (tertiary/aromatic N) is 2. The van der Waals surface area contributed by atoms with Gasteiger partial charge < -0.3 is 4.90 Å². The molecule has 1 saturated heterocycles. The minimum absolute atomic E-state index is 0.0312. The average molecular weight is 469 g/mol. The summed E-state index contributed by atoms with van der Waals surface area (Å²) in [6.45, 7) is 5.36. The molecule has 1 aliphatic heterocycles. The molecule has 30 heavy (non-hydrogen) atoms. The van der Waals surface area contributed by atoms with Crippen molar-refractivity contribution in [3.8, 4) is 0 Å². The van der Waals surface area contributed by atoms with E-state index in [9.17, 15) is 13.2 Å². The molecular weight excluding hydrogens is 443 g/mol. The zero-order chi connectivity index (χ0) is 21.9. The van der Waals surface area contributed by atoms with Gasteiger partial charge in [0.15, 0.2) is 9.84 Å². The number of aryl methyl sites for hydroxylation is 1. The van der Waals surface area contributed by atoms with Crippen LogP contribution in [-0.4, -0.2) is 37.3 Å². The highest BCUT2D eigenvalue weighted by molar-refractivity contribution is 7.90. The van der Waals surface area contributed by atoms with E-state index in [1.165, 1.54) is 18.6 Å². The molecule has 162 valence electrons. The zero-order valence-electron chi connectivity index (χ0n) is 17.2. The van der Waals surface area contributed by atoms with Gasteiger partial charge in [-0.2, -0.15) is 0 Å². The van der Waals surface area contributed by atoms with Crippen molar-refractivity contribution in [2.75, 3.05) is 13.1 Å². The number of pyridine rings is 1. The fourth-order valence-corrected chi connectivity index (χ4v) is 5.97. The third-order valence-corrected chi connectivity index (χ3v) is 8.03. The van der Waals surface area contributed by atoms with Crippen LogP contribution in [0.3, 0.4) is 0 Å². The molecule has 0 radical (unpaired) electrons. The number of carbonyl (C=O) groups excluding carboxylic acids is 1. The van der Waals surface area contributed by atoms with E-state index in [0.717, 1.165) is 19.3 Å². The minimum Gasteiger partial charge on any atom is -0.337 e. The van der Waals surface area contributed by atoms with E-state index < -0.39 is 9.84 Å². The quantitative estimate of drug-likeness (QED) is 0.574. The highest BCUT2D eigenvalue weighted by atomic mass is 35.5. The van der Waals surface area contributed by atoms with Crippen molar-refractivity contribution in [2.45, 2.75) is 50.2 Å². The summed E-state index contributed by atoms with van der Waals surface area (Å²) in [5.74, 6) is 0.168. The normalized spacial score (nSPS) is 15.4. The number of carbonyl (C=O) groups is 1. The molecule has 1 aromatic heterocycles. The van der Waals surface area contributed by atoms with Gasteiger partial charge in [-0.15, -0.1) is 0 Å². The average Bonchev–Trinajstić information content (AvgIpc) is 2.71. The predicted octanol–water partition coefficient (Wildman–Crippen LogP) is 5.32. The first-order chi connectivity index (χ1) is 14.2. The SMILES string of the molecule is CCCC1CCN(C(=O)c2cccc(CS(=O)(=O)c3cc(Cl)c(C)cc3Cl)n2)CC1. The number of amides is 1. The molecule has 0 unspecified atom stereocenters. The summed E-state index contributed by atoms with van der Waals surface area (Å²) < 4.78 is 25.8. The van der Waals surface area contributed by atoms with Crippen LogP contribution in [0.5, 0.6) is 0 Å². The minimum atomic E-state index is -3.77. The Balaban J connectivity index is 1.76. The Morgan fingerprint density at radius 2 is 1.87 bits per heavy atom. The molecule has 2 aromatic rings. The Hall–Kier alpha value is -1.63. The molecular formula is C22H26Cl2N2O3S. The van der Waals surface area contributed by atoms with Gasteiger partial charge in [0.2, 0.25) is 0 Å². The molecule has 5 nitrogen and oxygen atoms in total. The van der Waals surface area contributed by atoms with Gasteiger partial charge >= 0.3 is 0 Å². The molecule has 8 heteroatoms. The second kappa shape index (κ2) is 9.67. The van der Waals surface area contributed by atoms with Gasteiger partial charge in [0.1, 0.15) is 5.69 Å². The first-order valence-electron chi connectivity index (χ1n) is 10.1. The molecule has 0 saturated carbocycles. The molecule has 1 amide bonds. The highest BCUT2D eigenvalue weighted by Gasteiger charge is 2.25. The summed E-state index contributed by atoms with van der Waals surface area (Å²) in [6, 6.07) is 7.80. The maximum atomic E-state index is 12.9. The van der Waals surface area contributed by atoms with E-state index >= 15 is 0 Å².